The molecule has 0 saturated heterocycles. The standard InChI is InChI=1S/Ir.4O.Os/q;4*-2;+4. The van der Waals surface area contributed by atoms with Crippen molar-refractivity contribution in [2.45, 2.75) is 0 Å². The van der Waals surface area contributed by atoms with Crippen LogP contribution in [0.4, 0.5) is 0 Å². The zero-order valence-electron chi connectivity index (χ0n) is 2.32. The maximum absolute atomic E-state index is 0. The van der Waals surface area contributed by atoms with Crippen LogP contribution in [0.15, 0.2) is 0 Å². The SMILES string of the molecule is [Ir].[O-2].[O-2].[O-2].[O-2].[Os+4]. The van der Waals surface area contributed by atoms with Gasteiger partial charge in [0.2, 0.25) is 0 Å². The summed E-state index contributed by atoms with van der Waals surface area (Å²) in [4.78, 5) is 0. The van der Waals surface area contributed by atoms with Crippen molar-refractivity contribution >= 4 is 0 Å². The monoisotopic (exact) mass is 449 g/mol. The van der Waals surface area contributed by atoms with Crippen LogP contribution in [0.25, 0.3) is 0 Å². The van der Waals surface area contributed by atoms with Gasteiger partial charge in [-0.2, -0.15) is 0 Å². The largest absolute Gasteiger partial charge is 4.00 e. The van der Waals surface area contributed by atoms with E-state index in [0.29, 0.717) is 0 Å². The summed E-state index contributed by atoms with van der Waals surface area (Å²) >= 11 is 0. The summed E-state index contributed by atoms with van der Waals surface area (Å²) in [5.41, 5.74) is 0. The van der Waals surface area contributed by atoms with Crippen molar-refractivity contribution < 1.29 is 61.8 Å². The Bertz CT molecular complexity index is 7.51. The minimum absolute atomic E-state index is 0. The van der Waals surface area contributed by atoms with Crippen molar-refractivity contribution in [2.75, 3.05) is 0 Å². The molecule has 0 spiro atoms. The topological polar surface area (TPSA) is 114 Å². The Balaban J connectivity index is 0. The van der Waals surface area contributed by atoms with Crippen LogP contribution in [0, 0.1) is 0 Å². The number of rotatable bonds is 0. The molecule has 0 saturated carbocycles. The van der Waals surface area contributed by atoms with Gasteiger partial charge in [0.25, 0.3) is 0 Å². The zero-order valence-corrected chi connectivity index (χ0v) is 7.26. The Morgan fingerprint density at radius 3 is 0.500 bits per heavy atom. The second-order valence-electron chi connectivity index (χ2n) is 0. The van der Waals surface area contributed by atoms with Crippen LogP contribution in [-0.2, 0) is 61.8 Å². The van der Waals surface area contributed by atoms with E-state index in [2.05, 4.69) is 0 Å². The molecule has 0 atom stereocenters. The van der Waals surface area contributed by atoms with Crippen LogP contribution in [0.1, 0.15) is 0 Å². The van der Waals surface area contributed by atoms with E-state index in [1.807, 2.05) is 0 Å². The van der Waals surface area contributed by atoms with Crippen molar-refractivity contribution in [1.29, 1.82) is 0 Å². The molecule has 0 aromatic rings. The van der Waals surface area contributed by atoms with Crippen LogP contribution in [-0.4, -0.2) is 0 Å². The first kappa shape index (κ1) is 211. The van der Waals surface area contributed by atoms with Gasteiger partial charge in [-0.3, -0.25) is 0 Å². The third-order valence-electron chi connectivity index (χ3n) is 0. The first-order valence-corrected chi connectivity index (χ1v) is 0. The Labute approximate surface area is 61.9 Å². The molecule has 0 amide bonds. The van der Waals surface area contributed by atoms with Crippen LogP contribution < -0.4 is 0 Å². The Morgan fingerprint density at radius 2 is 0.500 bits per heavy atom. The molecule has 6 heteroatoms. The fourth-order valence-electron chi connectivity index (χ4n) is 0. The number of hydrogen-bond acceptors (Lipinski definition) is 0. The summed E-state index contributed by atoms with van der Waals surface area (Å²) in [5.74, 6) is 0. The van der Waals surface area contributed by atoms with E-state index in [4.69, 9.17) is 0 Å². The molecule has 0 aliphatic rings. The third kappa shape index (κ3) is 68.8. The summed E-state index contributed by atoms with van der Waals surface area (Å²) in [6.07, 6.45) is 0. The first-order valence-electron chi connectivity index (χ1n) is 0. The van der Waals surface area contributed by atoms with Crippen molar-refractivity contribution in [2.24, 2.45) is 0 Å². The second kappa shape index (κ2) is 127. The summed E-state index contributed by atoms with van der Waals surface area (Å²) in [5, 5.41) is 0. The maximum Gasteiger partial charge on any atom is 4.00 e. The van der Waals surface area contributed by atoms with Gasteiger partial charge in [0.15, 0.2) is 0 Å². The van der Waals surface area contributed by atoms with E-state index in [-0.39, 0.29) is 61.8 Å². The Hall–Kier alpha value is 1.13. The van der Waals surface area contributed by atoms with Crippen LogP contribution in [0.2, 0.25) is 0 Å². The molecule has 6 heavy (non-hydrogen) atoms. The zero-order chi connectivity index (χ0) is 0. The van der Waals surface area contributed by atoms with E-state index in [1.54, 1.807) is 0 Å². The molecule has 0 aliphatic carbocycles. The van der Waals surface area contributed by atoms with Crippen LogP contribution >= 0.6 is 0 Å². The van der Waals surface area contributed by atoms with Gasteiger partial charge in [-0.25, -0.2) is 0 Å². The quantitative estimate of drug-likeness (QED) is 0.479. The molecular weight excluding hydrogens is 446 g/mol. The van der Waals surface area contributed by atoms with Gasteiger partial charge in [-0.15, -0.1) is 0 Å². The van der Waals surface area contributed by atoms with Gasteiger partial charge in [-0.1, -0.05) is 0 Å². The number of hydrogen-bond donors (Lipinski definition) is 0. The summed E-state index contributed by atoms with van der Waals surface area (Å²) in [6, 6.07) is 0. The summed E-state index contributed by atoms with van der Waals surface area (Å²) in [7, 11) is 0. The Morgan fingerprint density at radius 1 is 0.500 bits per heavy atom. The van der Waals surface area contributed by atoms with Crippen molar-refractivity contribution in [3.63, 3.8) is 0 Å². The summed E-state index contributed by atoms with van der Waals surface area (Å²) < 4.78 is 0. The van der Waals surface area contributed by atoms with E-state index in [9.17, 15) is 0 Å². The van der Waals surface area contributed by atoms with E-state index >= 15 is 0 Å². The van der Waals surface area contributed by atoms with E-state index in [0.717, 1.165) is 0 Å². The van der Waals surface area contributed by atoms with Crippen LogP contribution in [0.3, 0.4) is 0 Å². The van der Waals surface area contributed by atoms with E-state index in [1.165, 1.54) is 0 Å². The Kier molecular flexibility index (Phi) is 4470. The molecule has 0 aromatic carbocycles. The van der Waals surface area contributed by atoms with Gasteiger partial charge >= 0.3 is 19.8 Å². The van der Waals surface area contributed by atoms with Gasteiger partial charge in [0.05, 0.1) is 0 Å². The maximum atomic E-state index is 0. The molecule has 0 fully saturated rings. The second-order valence-corrected chi connectivity index (χ2v) is 0. The molecule has 0 rings (SSSR count). The molecule has 0 aromatic heterocycles. The molecule has 1 radical (unpaired) electrons. The fraction of sp³-hybridized carbons (Fsp3) is 0. The predicted molar refractivity (Wildman–Crippen MR) is 2.75 cm³/mol. The van der Waals surface area contributed by atoms with Gasteiger partial charge in [0, 0.05) is 20.1 Å². The fourth-order valence-corrected chi connectivity index (χ4v) is 0. The average molecular weight is 446 g/mol. The third-order valence-corrected chi connectivity index (χ3v) is 0. The molecule has 45 valence electrons. The molecule has 4 nitrogen and oxygen atoms in total. The molecular formula is IrO4Os-4. The van der Waals surface area contributed by atoms with Crippen molar-refractivity contribution in [1.82, 2.24) is 0 Å². The van der Waals surface area contributed by atoms with Gasteiger partial charge < -0.3 is 21.9 Å². The van der Waals surface area contributed by atoms with Crippen molar-refractivity contribution in [3.05, 3.63) is 0 Å². The van der Waals surface area contributed by atoms with Gasteiger partial charge in [-0.05, 0) is 0 Å². The molecule has 0 bridgehead atoms. The molecule has 0 N–H and O–H groups in total. The first-order chi connectivity index (χ1) is 0. The van der Waals surface area contributed by atoms with Crippen molar-refractivity contribution in [3.8, 4) is 0 Å². The smallest absolute Gasteiger partial charge is 2.00 e. The minimum atomic E-state index is 0. The van der Waals surface area contributed by atoms with Crippen LogP contribution in [0.5, 0.6) is 0 Å². The summed E-state index contributed by atoms with van der Waals surface area (Å²) in [6.45, 7) is 0. The average Bonchev–Trinajstić information content (AvgIpc) is 0. The van der Waals surface area contributed by atoms with E-state index < -0.39 is 0 Å². The normalized spacial score (nSPS) is 0. The van der Waals surface area contributed by atoms with Gasteiger partial charge in [0.1, 0.15) is 0 Å². The minimum Gasteiger partial charge on any atom is -2.00 e. The molecule has 0 aliphatic heterocycles. The molecule has 0 unspecified atom stereocenters. The predicted octanol–water partition coefficient (Wildman–Crippen LogP) is -0.480. The molecule has 0 heterocycles.